The fourth-order valence-corrected chi connectivity index (χ4v) is 3.24. The van der Waals surface area contributed by atoms with Crippen LogP contribution in [0.3, 0.4) is 0 Å². The smallest absolute Gasteiger partial charge is 0.307 e. The number of rotatable bonds is 6. The van der Waals surface area contributed by atoms with E-state index in [1.165, 1.54) is 6.21 Å². The molecule has 0 aliphatic rings. The zero-order valence-electron chi connectivity index (χ0n) is 17.0. The Morgan fingerprint density at radius 2 is 1.87 bits per heavy atom. The molecule has 4 rings (SSSR count). The predicted molar refractivity (Wildman–Crippen MR) is 118 cm³/mol. The summed E-state index contributed by atoms with van der Waals surface area (Å²) < 4.78 is 16.8. The van der Waals surface area contributed by atoms with Crippen molar-refractivity contribution in [3.63, 3.8) is 0 Å². The number of amides is 1. The molecule has 0 atom stereocenters. The average Bonchev–Trinajstić information content (AvgIpc) is 3.19. The fourth-order valence-electron chi connectivity index (χ4n) is 3.24. The number of hydrazone groups is 1. The summed E-state index contributed by atoms with van der Waals surface area (Å²) in [5, 5.41) is 7.06. The first-order chi connectivity index (χ1) is 14.5. The van der Waals surface area contributed by atoms with E-state index in [2.05, 4.69) is 10.5 Å². The fraction of sp³-hybridized carbons (Fsp3) is 0.167. The molecule has 1 N–H and O–H groups in total. The van der Waals surface area contributed by atoms with Crippen LogP contribution in [0.25, 0.3) is 21.7 Å². The zero-order valence-corrected chi connectivity index (χ0v) is 17.0. The quantitative estimate of drug-likeness (QED) is 0.358. The molecular weight excluding hydrogens is 380 g/mol. The summed E-state index contributed by atoms with van der Waals surface area (Å²) in [6, 6.07) is 19.0. The highest BCUT2D eigenvalue weighted by Gasteiger charge is 2.13. The summed E-state index contributed by atoms with van der Waals surface area (Å²) in [7, 11) is 1.58. The molecule has 4 aromatic rings. The van der Waals surface area contributed by atoms with Gasteiger partial charge in [-0.15, -0.1) is 0 Å². The first-order valence-electron chi connectivity index (χ1n) is 9.64. The van der Waals surface area contributed by atoms with E-state index in [0.717, 1.165) is 21.7 Å². The van der Waals surface area contributed by atoms with E-state index < -0.39 is 5.91 Å². The van der Waals surface area contributed by atoms with Gasteiger partial charge in [-0.25, -0.2) is 5.43 Å². The zero-order chi connectivity index (χ0) is 21.1. The largest absolute Gasteiger partial charge is 0.493 e. The molecule has 1 amide bonds. The molecule has 0 fully saturated rings. The molecule has 0 bridgehead atoms. The van der Waals surface area contributed by atoms with Crippen molar-refractivity contribution in [3.8, 4) is 11.5 Å². The Bertz CT molecular complexity index is 1240. The average molecular weight is 402 g/mol. The minimum Gasteiger partial charge on any atom is -0.493 e. The molecule has 0 spiro atoms. The molecule has 0 saturated carbocycles. The van der Waals surface area contributed by atoms with E-state index in [0.29, 0.717) is 17.1 Å². The van der Waals surface area contributed by atoms with E-state index in [9.17, 15) is 4.79 Å². The van der Waals surface area contributed by atoms with Crippen molar-refractivity contribution in [2.45, 2.75) is 20.0 Å². The van der Waals surface area contributed by atoms with E-state index >= 15 is 0 Å². The van der Waals surface area contributed by atoms with Gasteiger partial charge in [0.25, 0.3) is 0 Å². The second-order valence-electron chi connectivity index (χ2n) is 7.09. The van der Waals surface area contributed by atoms with E-state index in [1.807, 2.05) is 62.4 Å². The molecule has 1 heterocycles. The lowest BCUT2D eigenvalue weighted by Crippen LogP contribution is -2.16. The standard InChI is InChI=1S/C24H22N2O4/c1-15(2)29-21-10-8-16(12-22(21)28-3)14-25-26-24(27)23-13-19-18-7-5-4-6-17(18)9-11-20(19)30-23/h4-15H,1-3H3,(H,26,27)/b25-14-. The summed E-state index contributed by atoms with van der Waals surface area (Å²) in [4.78, 5) is 12.5. The summed E-state index contributed by atoms with van der Waals surface area (Å²) in [5.41, 5.74) is 3.93. The third-order valence-electron chi connectivity index (χ3n) is 4.58. The van der Waals surface area contributed by atoms with Crippen LogP contribution in [-0.4, -0.2) is 25.3 Å². The topological polar surface area (TPSA) is 73.1 Å². The number of carbonyl (C=O) groups excluding carboxylic acids is 1. The lowest BCUT2D eigenvalue weighted by Gasteiger charge is -2.13. The molecule has 3 aromatic carbocycles. The summed E-state index contributed by atoms with van der Waals surface area (Å²) in [6.07, 6.45) is 1.58. The highest BCUT2D eigenvalue weighted by molar-refractivity contribution is 6.08. The van der Waals surface area contributed by atoms with Gasteiger partial charge in [0.15, 0.2) is 17.3 Å². The third-order valence-corrected chi connectivity index (χ3v) is 4.58. The molecule has 0 saturated heterocycles. The number of ether oxygens (including phenoxy) is 2. The van der Waals surface area contributed by atoms with Crippen molar-refractivity contribution in [2.75, 3.05) is 7.11 Å². The van der Waals surface area contributed by atoms with Gasteiger partial charge in [0, 0.05) is 5.39 Å². The van der Waals surface area contributed by atoms with Gasteiger partial charge in [-0.05, 0) is 60.5 Å². The second kappa shape index (κ2) is 8.29. The van der Waals surface area contributed by atoms with Crippen molar-refractivity contribution in [1.29, 1.82) is 0 Å². The van der Waals surface area contributed by atoms with Crippen molar-refractivity contribution >= 4 is 33.9 Å². The molecule has 0 aliphatic carbocycles. The molecule has 30 heavy (non-hydrogen) atoms. The van der Waals surface area contributed by atoms with Crippen molar-refractivity contribution in [3.05, 3.63) is 72.0 Å². The predicted octanol–water partition coefficient (Wildman–Crippen LogP) is 5.15. The van der Waals surface area contributed by atoms with E-state index in [4.69, 9.17) is 13.9 Å². The van der Waals surface area contributed by atoms with Crippen molar-refractivity contribution in [1.82, 2.24) is 5.43 Å². The molecule has 152 valence electrons. The molecular formula is C24H22N2O4. The number of furan rings is 1. The number of methoxy groups -OCH3 is 1. The Morgan fingerprint density at radius 1 is 1.03 bits per heavy atom. The van der Waals surface area contributed by atoms with Crippen LogP contribution in [0.4, 0.5) is 0 Å². The van der Waals surface area contributed by atoms with Gasteiger partial charge < -0.3 is 13.9 Å². The first kappa shape index (κ1) is 19.5. The van der Waals surface area contributed by atoms with Crippen molar-refractivity contribution in [2.24, 2.45) is 5.10 Å². The number of benzene rings is 3. The van der Waals surface area contributed by atoms with Gasteiger partial charge in [-0.1, -0.05) is 30.3 Å². The number of hydrogen-bond acceptors (Lipinski definition) is 5. The van der Waals surface area contributed by atoms with Gasteiger partial charge in [-0.2, -0.15) is 5.10 Å². The molecule has 0 aliphatic heterocycles. The number of fused-ring (bicyclic) bond motifs is 3. The lowest BCUT2D eigenvalue weighted by atomic mass is 10.1. The SMILES string of the molecule is COc1cc(/C=N\NC(=O)c2cc3c(ccc4ccccc43)o2)ccc1OC(C)C. The Labute approximate surface area is 174 Å². The molecule has 6 nitrogen and oxygen atoms in total. The molecule has 6 heteroatoms. The van der Waals surface area contributed by atoms with Crippen LogP contribution in [0, 0.1) is 0 Å². The Kier molecular flexibility index (Phi) is 5.39. The van der Waals surface area contributed by atoms with Crippen LogP contribution >= 0.6 is 0 Å². The van der Waals surface area contributed by atoms with Crippen LogP contribution in [0.2, 0.25) is 0 Å². The maximum atomic E-state index is 12.5. The third kappa shape index (κ3) is 3.98. The van der Waals surface area contributed by atoms with Crippen LogP contribution in [-0.2, 0) is 0 Å². The summed E-state index contributed by atoms with van der Waals surface area (Å²) in [6.45, 7) is 3.90. The minimum absolute atomic E-state index is 0.0404. The van der Waals surface area contributed by atoms with Crippen LogP contribution in [0.1, 0.15) is 30.0 Å². The first-order valence-corrected chi connectivity index (χ1v) is 9.64. The van der Waals surface area contributed by atoms with Gasteiger partial charge in [0.1, 0.15) is 5.58 Å². The van der Waals surface area contributed by atoms with Crippen molar-refractivity contribution < 1.29 is 18.7 Å². The Morgan fingerprint density at radius 3 is 2.67 bits per heavy atom. The summed E-state index contributed by atoms with van der Waals surface area (Å²) >= 11 is 0. The summed E-state index contributed by atoms with van der Waals surface area (Å²) in [5.74, 6) is 1.04. The Balaban J connectivity index is 1.50. The van der Waals surface area contributed by atoms with Gasteiger partial charge >= 0.3 is 5.91 Å². The van der Waals surface area contributed by atoms with Gasteiger partial charge in [0.2, 0.25) is 0 Å². The molecule has 1 aromatic heterocycles. The van der Waals surface area contributed by atoms with Gasteiger partial charge in [-0.3, -0.25) is 4.79 Å². The number of carbonyl (C=O) groups is 1. The van der Waals surface area contributed by atoms with E-state index in [-0.39, 0.29) is 11.9 Å². The van der Waals surface area contributed by atoms with Crippen LogP contribution < -0.4 is 14.9 Å². The maximum absolute atomic E-state index is 12.5. The number of hydrogen-bond donors (Lipinski definition) is 1. The highest BCUT2D eigenvalue weighted by atomic mass is 16.5. The number of nitrogens with zero attached hydrogens (tertiary/aromatic N) is 1. The number of nitrogens with one attached hydrogen (secondary N) is 1. The highest BCUT2D eigenvalue weighted by Crippen LogP contribution is 2.29. The minimum atomic E-state index is -0.418. The molecule has 0 radical (unpaired) electrons. The molecule has 0 unspecified atom stereocenters. The van der Waals surface area contributed by atoms with Gasteiger partial charge in [0.05, 0.1) is 19.4 Å². The van der Waals surface area contributed by atoms with E-state index in [1.54, 1.807) is 19.2 Å². The lowest BCUT2D eigenvalue weighted by molar-refractivity contribution is 0.0929. The van der Waals surface area contributed by atoms with Crippen LogP contribution in [0.5, 0.6) is 11.5 Å². The van der Waals surface area contributed by atoms with Crippen LogP contribution in [0.15, 0.2) is 70.2 Å². The normalized spacial score (nSPS) is 11.5. The Hall–Kier alpha value is -3.80. The monoisotopic (exact) mass is 402 g/mol. The maximum Gasteiger partial charge on any atom is 0.307 e. The second-order valence-corrected chi connectivity index (χ2v) is 7.09.